The van der Waals surface area contributed by atoms with Gasteiger partial charge in [-0.3, -0.25) is 9.69 Å². The van der Waals surface area contributed by atoms with E-state index in [0.29, 0.717) is 40.4 Å². The van der Waals surface area contributed by atoms with Gasteiger partial charge < -0.3 is 10.1 Å². The number of esters is 1. The minimum Gasteiger partial charge on any atom is -0.462 e. The van der Waals surface area contributed by atoms with Crippen molar-refractivity contribution in [3.8, 4) is 0 Å². The maximum atomic E-state index is 12.5. The zero-order valence-electron chi connectivity index (χ0n) is 17.0. The Morgan fingerprint density at radius 3 is 2.57 bits per heavy atom. The Kier molecular flexibility index (Phi) is 6.70. The number of piperidine rings is 2. The first kappa shape index (κ1) is 20.9. The molecule has 0 saturated carbocycles. The van der Waals surface area contributed by atoms with Crippen LogP contribution in [0.15, 0.2) is 48.5 Å². The van der Waals surface area contributed by atoms with Crippen molar-refractivity contribution in [3.63, 3.8) is 0 Å². The lowest BCUT2D eigenvalue weighted by atomic mass is 9.84. The molecule has 0 aromatic heterocycles. The van der Waals surface area contributed by atoms with E-state index < -0.39 is 0 Å². The van der Waals surface area contributed by atoms with Gasteiger partial charge in [0.15, 0.2) is 0 Å². The summed E-state index contributed by atoms with van der Waals surface area (Å²) in [5, 5.41) is 3.20. The number of hydrogen-bond acceptors (Lipinski definition) is 4. The Morgan fingerprint density at radius 2 is 1.77 bits per heavy atom. The predicted octanol–water partition coefficient (Wildman–Crippen LogP) is 5.01. The molecule has 2 saturated heterocycles. The summed E-state index contributed by atoms with van der Waals surface area (Å²) in [6.45, 7) is 2.83. The van der Waals surface area contributed by atoms with Crippen molar-refractivity contribution in [1.82, 2.24) is 4.90 Å². The summed E-state index contributed by atoms with van der Waals surface area (Å²) in [5.74, 6) is -0.172. The third kappa shape index (κ3) is 4.85. The number of nitrogens with one attached hydrogen (secondary N) is 1. The molecule has 4 rings (SSSR count). The van der Waals surface area contributed by atoms with Gasteiger partial charge in [0.2, 0.25) is 0 Å². The average molecular weight is 427 g/mol. The number of ether oxygens (including phenoxy) is 1. The Bertz CT molecular complexity index is 898. The highest BCUT2D eigenvalue weighted by molar-refractivity contribution is 6.34. The molecule has 0 bridgehead atoms. The number of nitrogens with zero attached hydrogens (tertiary/aromatic N) is 1. The summed E-state index contributed by atoms with van der Waals surface area (Å²) in [6, 6.07) is 14.2. The molecule has 1 amide bonds. The summed E-state index contributed by atoms with van der Waals surface area (Å²) in [5.41, 5.74) is 1.50. The van der Waals surface area contributed by atoms with Gasteiger partial charge in [-0.05, 0) is 75.2 Å². The fourth-order valence-electron chi connectivity index (χ4n) is 4.57. The number of fused-ring (bicyclic) bond motifs is 1. The van der Waals surface area contributed by atoms with E-state index in [-0.39, 0.29) is 11.9 Å². The molecule has 2 atom stereocenters. The smallest absolute Gasteiger partial charge is 0.338 e. The maximum Gasteiger partial charge on any atom is 0.338 e. The van der Waals surface area contributed by atoms with Crippen LogP contribution in [0.25, 0.3) is 0 Å². The van der Waals surface area contributed by atoms with Crippen LogP contribution in [0.2, 0.25) is 5.02 Å². The second kappa shape index (κ2) is 9.63. The molecule has 2 fully saturated rings. The van der Waals surface area contributed by atoms with Crippen LogP contribution in [0, 0.1) is 5.92 Å². The van der Waals surface area contributed by atoms with E-state index in [1.165, 1.54) is 38.8 Å². The van der Waals surface area contributed by atoms with Crippen LogP contribution < -0.4 is 5.32 Å². The van der Waals surface area contributed by atoms with Crippen molar-refractivity contribution >= 4 is 29.2 Å². The fraction of sp³-hybridized carbons (Fsp3) is 0.417. The lowest BCUT2D eigenvalue weighted by Crippen LogP contribution is -2.49. The van der Waals surface area contributed by atoms with Gasteiger partial charge in [-0.25, -0.2) is 4.79 Å². The summed E-state index contributed by atoms with van der Waals surface area (Å²) in [6.07, 6.45) is 6.07. The first-order chi connectivity index (χ1) is 14.6. The SMILES string of the molecule is O=C(OC[C@@H]1CCCN2CCCC[C@H]12)c1ccc(NC(=O)c2ccccc2Cl)cc1. The number of rotatable bonds is 5. The molecule has 0 spiro atoms. The quantitative estimate of drug-likeness (QED) is 0.682. The van der Waals surface area contributed by atoms with Crippen molar-refractivity contribution in [3.05, 3.63) is 64.7 Å². The molecule has 5 nitrogen and oxygen atoms in total. The molecular weight excluding hydrogens is 400 g/mol. The molecule has 158 valence electrons. The number of carbonyl (C=O) groups is 2. The van der Waals surface area contributed by atoms with E-state index >= 15 is 0 Å². The largest absolute Gasteiger partial charge is 0.462 e. The molecule has 2 aromatic rings. The molecule has 2 aromatic carbocycles. The van der Waals surface area contributed by atoms with E-state index in [9.17, 15) is 9.59 Å². The highest BCUT2D eigenvalue weighted by Crippen LogP contribution is 2.31. The number of anilines is 1. The fourth-order valence-corrected chi connectivity index (χ4v) is 4.79. The summed E-state index contributed by atoms with van der Waals surface area (Å²) >= 11 is 6.07. The molecular formula is C24H27ClN2O3. The van der Waals surface area contributed by atoms with Gasteiger partial charge in [-0.1, -0.05) is 30.2 Å². The molecule has 1 N–H and O–H groups in total. The lowest BCUT2D eigenvalue weighted by molar-refractivity contribution is 0.00739. The normalized spacial score (nSPS) is 21.5. The van der Waals surface area contributed by atoms with Crippen LogP contribution in [0.4, 0.5) is 5.69 Å². The van der Waals surface area contributed by atoms with Gasteiger partial charge in [0, 0.05) is 17.6 Å². The van der Waals surface area contributed by atoms with Crippen molar-refractivity contribution < 1.29 is 14.3 Å². The summed E-state index contributed by atoms with van der Waals surface area (Å²) in [4.78, 5) is 27.4. The van der Waals surface area contributed by atoms with E-state index in [2.05, 4.69) is 10.2 Å². The number of benzene rings is 2. The van der Waals surface area contributed by atoms with E-state index in [1.54, 1.807) is 48.5 Å². The first-order valence-corrected chi connectivity index (χ1v) is 11.1. The van der Waals surface area contributed by atoms with Gasteiger partial charge in [-0.15, -0.1) is 0 Å². The number of amides is 1. The number of halogens is 1. The van der Waals surface area contributed by atoms with Crippen molar-refractivity contribution in [2.45, 2.75) is 38.1 Å². The van der Waals surface area contributed by atoms with Crippen molar-refractivity contribution in [2.75, 3.05) is 25.0 Å². The number of carbonyl (C=O) groups excluding carboxylic acids is 2. The second-order valence-corrected chi connectivity index (χ2v) is 8.52. The third-order valence-electron chi connectivity index (χ3n) is 6.15. The zero-order chi connectivity index (χ0) is 20.9. The van der Waals surface area contributed by atoms with Crippen LogP contribution in [0.3, 0.4) is 0 Å². The standard InChI is InChI=1S/C24H27ClN2O3/c25-21-8-2-1-7-20(21)23(28)26-19-12-10-17(11-13-19)24(29)30-16-18-6-5-15-27-14-4-3-9-22(18)27/h1-2,7-8,10-13,18,22H,3-6,9,14-16H2,(H,26,28)/t18-,22+/m0/s1. The Morgan fingerprint density at radius 1 is 1.00 bits per heavy atom. The monoisotopic (exact) mass is 426 g/mol. The highest BCUT2D eigenvalue weighted by Gasteiger charge is 2.33. The Balaban J connectivity index is 1.32. The zero-order valence-corrected chi connectivity index (χ0v) is 17.7. The Hall–Kier alpha value is -2.37. The number of hydrogen-bond donors (Lipinski definition) is 1. The second-order valence-electron chi connectivity index (χ2n) is 8.11. The van der Waals surface area contributed by atoms with Crippen LogP contribution in [-0.2, 0) is 4.74 Å². The predicted molar refractivity (Wildman–Crippen MR) is 118 cm³/mol. The van der Waals surface area contributed by atoms with E-state index in [4.69, 9.17) is 16.3 Å². The highest BCUT2D eigenvalue weighted by atomic mass is 35.5. The van der Waals surface area contributed by atoms with Crippen molar-refractivity contribution in [1.29, 1.82) is 0 Å². The first-order valence-electron chi connectivity index (χ1n) is 10.7. The molecule has 30 heavy (non-hydrogen) atoms. The minimum absolute atomic E-state index is 0.287. The molecule has 0 radical (unpaired) electrons. The summed E-state index contributed by atoms with van der Waals surface area (Å²) < 4.78 is 5.65. The van der Waals surface area contributed by atoms with Crippen LogP contribution in [0.1, 0.15) is 52.8 Å². The summed E-state index contributed by atoms with van der Waals surface area (Å²) in [7, 11) is 0. The molecule has 6 heteroatoms. The van der Waals surface area contributed by atoms with Gasteiger partial charge in [-0.2, -0.15) is 0 Å². The van der Waals surface area contributed by atoms with Gasteiger partial charge in [0.05, 0.1) is 22.8 Å². The van der Waals surface area contributed by atoms with E-state index in [0.717, 1.165) is 6.42 Å². The molecule has 2 heterocycles. The third-order valence-corrected chi connectivity index (χ3v) is 6.48. The van der Waals surface area contributed by atoms with Crippen LogP contribution >= 0.6 is 11.6 Å². The lowest BCUT2D eigenvalue weighted by Gasteiger charge is -2.44. The van der Waals surface area contributed by atoms with Crippen LogP contribution in [-0.4, -0.2) is 42.5 Å². The molecule has 0 unspecified atom stereocenters. The van der Waals surface area contributed by atoms with Gasteiger partial charge >= 0.3 is 5.97 Å². The van der Waals surface area contributed by atoms with Gasteiger partial charge in [0.1, 0.15) is 0 Å². The molecule has 0 aliphatic carbocycles. The molecule has 2 aliphatic rings. The maximum absolute atomic E-state index is 12.5. The van der Waals surface area contributed by atoms with Gasteiger partial charge in [0.25, 0.3) is 5.91 Å². The molecule has 2 aliphatic heterocycles. The van der Waals surface area contributed by atoms with E-state index in [1.807, 2.05) is 0 Å². The Labute approximate surface area is 182 Å². The topological polar surface area (TPSA) is 58.6 Å². The van der Waals surface area contributed by atoms with Crippen molar-refractivity contribution in [2.24, 2.45) is 5.92 Å². The minimum atomic E-state index is -0.313. The average Bonchev–Trinajstić information content (AvgIpc) is 2.78. The van der Waals surface area contributed by atoms with Crippen LogP contribution in [0.5, 0.6) is 0 Å².